The highest BCUT2D eigenvalue weighted by Gasteiger charge is 2.04. The first-order valence-corrected chi connectivity index (χ1v) is 5.99. The van der Waals surface area contributed by atoms with Crippen molar-refractivity contribution in [2.45, 2.75) is 32.9 Å². The van der Waals surface area contributed by atoms with Crippen LogP contribution >= 0.6 is 0 Å². The van der Waals surface area contributed by atoms with Crippen molar-refractivity contribution in [1.82, 2.24) is 9.88 Å². The lowest BCUT2D eigenvalue weighted by atomic mass is 10.1. The fraction of sp³-hybridized carbons (Fsp3) is 0.429. The lowest BCUT2D eigenvalue weighted by molar-refractivity contribution is 0.608. The van der Waals surface area contributed by atoms with Crippen LogP contribution in [0.3, 0.4) is 0 Å². The number of nitrogens with one attached hydrogen (secondary N) is 1. The molecule has 0 amide bonds. The highest BCUT2D eigenvalue weighted by molar-refractivity contribution is 5.80. The number of benzene rings is 1. The van der Waals surface area contributed by atoms with E-state index in [1.54, 1.807) is 0 Å². The molecule has 2 rings (SSSR count). The van der Waals surface area contributed by atoms with Gasteiger partial charge in [0, 0.05) is 24.3 Å². The third kappa shape index (κ3) is 2.12. The second-order valence-electron chi connectivity index (χ2n) is 4.39. The molecule has 2 heteroatoms. The summed E-state index contributed by atoms with van der Waals surface area (Å²) in [5, 5.41) is 4.61. The summed E-state index contributed by atoms with van der Waals surface area (Å²) in [5.41, 5.74) is 2.76. The van der Waals surface area contributed by atoms with Crippen LogP contribution in [0.4, 0.5) is 0 Å². The molecular formula is C14H20N2. The maximum absolute atomic E-state index is 3.28. The van der Waals surface area contributed by atoms with E-state index in [0.717, 1.165) is 13.0 Å². The molecule has 2 nitrogen and oxygen atoms in total. The molecule has 1 unspecified atom stereocenters. The normalized spacial score (nSPS) is 13.2. The zero-order chi connectivity index (χ0) is 11.5. The number of likely N-dealkylation sites (N-methyl/N-ethyl adjacent to an activating group) is 1. The Morgan fingerprint density at radius 1 is 1.31 bits per heavy atom. The van der Waals surface area contributed by atoms with Gasteiger partial charge in [0.2, 0.25) is 0 Å². The van der Waals surface area contributed by atoms with E-state index >= 15 is 0 Å². The third-order valence-electron chi connectivity index (χ3n) is 3.21. The van der Waals surface area contributed by atoms with Gasteiger partial charge in [-0.3, -0.25) is 0 Å². The molecule has 0 saturated heterocycles. The molecule has 0 bridgehead atoms. The van der Waals surface area contributed by atoms with Gasteiger partial charge in [0.15, 0.2) is 0 Å². The smallest absolute Gasteiger partial charge is 0.0482 e. The van der Waals surface area contributed by atoms with Gasteiger partial charge in [-0.1, -0.05) is 12.1 Å². The van der Waals surface area contributed by atoms with E-state index in [9.17, 15) is 0 Å². The van der Waals surface area contributed by atoms with E-state index in [-0.39, 0.29) is 0 Å². The van der Waals surface area contributed by atoms with Crippen molar-refractivity contribution >= 4 is 10.9 Å². The molecule has 86 valence electrons. The van der Waals surface area contributed by atoms with Crippen LogP contribution in [0.25, 0.3) is 10.9 Å². The SMILES string of the molecule is CCn1ccc2ccc(CC(C)NC)cc21. The summed E-state index contributed by atoms with van der Waals surface area (Å²) >= 11 is 0. The summed E-state index contributed by atoms with van der Waals surface area (Å²) in [6.07, 6.45) is 3.25. The number of hydrogen-bond donors (Lipinski definition) is 1. The van der Waals surface area contributed by atoms with Gasteiger partial charge in [-0.15, -0.1) is 0 Å². The molecule has 1 heterocycles. The second-order valence-corrected chi connectivity index (χ2v) is 4.39. The van der Waals surface area contributed by atoms with Crippen LogP contribution in [-0.4, -0.2) is 17.7 Å². The number of aromatic nitrogens is 1. The highest BCUT2D eigenvalue weighted by Crippen LogP contribution is 2.18. The zero-order valence-electron chi connectivity index (χ0n) is 10.3. The average Bonchev–Trinajstić information content (AvgIpc) is 2.71. The lowest BCUT2D eigenvalue weighted by Gasteiger charge is -2.10. The summed E-state index contributed by atoms with van der Waals surface area (Å²) in [7, 11) is 2.01. The molecule has 0 radical (unpaired) electrons. The Morgan fingerprint density at radius 3 is 2.81 bits per heavy atom. The Balaban J connectivity index is 2.34. The van der Waals surface area contributed by atoms with Crippen molar-refractivity contribution in [3.8, 4) is 0 Å². The number of fused-ring (bicyclic) bond motifs is 1. The third-order valence-corrected chi connectivity index (χ3v) is 3.21. The van der Waals surface area contributed by atoms with E-state index in [0.29, 0.717) is 6.04 Å². The van der Waals surface area contributed by atoms with E-state index < -0.39 is 0 Å². The fourth-order valence-corrected chi connectivity index (χ4v) is 2.09. The molecule has 1 N–H and O–H groups in total. The van der Waals surface area contributed by atoms with Gasteiger partial charge in [0.1, 0.15) is 0 Å². The van der Waals surface area contributed by atoms with Crippen molar-refractivity contribution in [3.05, 3.63) is 36.0 Å². The Morgan fingerprint density at radius 2 is 2.12 bits per heavy atom. The summed E-state index contributed by atoms with van der Waals surface area (Å²) in [5.74, 6) is 0. The van der Waals surface area contributed by atoms with Crippen molar-refractivity contribution < 1.29 is 0 Å². The largest absolute Gasteiger partial charge is 0.348 e. The highest BCUT2D eigenvalue weighted by atomic mass is 14.9. The van der Waals surface area contributed by atoms with Crippen LogP contribution < -0.4 is 5.32 Å². The molecule has 0 aliphatic carbocycles. The second kappa shape index (κ2) is 4.71. The average molecular weight is 216 g/mol. The first-order valence-electron chi connectivity index (χ1n) is 5.99. The predicted octanol–water partition coefficient (Wildman–Crippen LogP) is 2.81. The molecule has 0 spiro atoms. The lowest BCUT2D eigenvalue weighted by Crippen LogP contribution is -2.23. The maximum Gasteiger partial charge on any atom is 0.0482 e. The topological polar surface area (TPSA) is 17.0 Å². The molecule has 1 atom stereocenters. The van der Waals surface area contributed by atoms with Crippen molar-refractivity contribution in [2.24, 2.45) is 0 Å². The Hall–Kier alpha value is -1.28. The van der Waals surface area contributed by atoms with Crippen LogP contribution in [0, 0.1) is 0 Å². The van der Waals surface area contributed by atoms with E-state index in [4.69, 9.17) is 0 Å². The summed E-state index contributed by atoms with van der Waals surface area (Å²) in [6, 6.07) is 9.48. The van der Waals surface area contributed by atoms with Crippen molar-refractivity contribution in [2.75, 3.05) is 7.05 Å². The van der Waals surface area contributed by atoms with Crippen LogP contribution in [0.2, 0.25) is 0 Å². The van der Waals surface area contributed by atoms with Crippen LogP contribution in [0.5, 0.6) is 0 Å². The minimum absolute atomic E-state index is 0.530. The molecule has 16 heavy (non-hydrogen) atoms. The molecule has 0 aliphatic rings. The van der Waals surface area contributed by atoms with Gasteiger partial charge in [0.25, 0.3) is 0 Å². The minimum atomic E-state index is 0.530. The van der Waals surface area contributed by atoms with Crippen LogP contribution in [-0.2, 0) is 13.0 Å². The summed E-state index contributed by atoms with van der Waals surface area (Å²) < 4.78 is 2.29. The van der Waals surface area contributed by atoms with E-state index in [2.05, 4.69) is 54.2 Å². The van der Waals surface area contributed by atoms with Gasteiger partial charge in [-0.05, 0) is 50.4 Å². The van der Waals surface area contributed by atoms with E-state index in [1.165, 1.54) is 16.5 Å². The molecule has 0 fully saturated rings. The van der Waals surface area contributed by atoms with Crippen molar-refractivity contribution in [3.63, 3.8) is 0 Å². The number of nitrogens with zero attached hydrogens (tertiary/aromatic N) is 1. The van der Waals surface area contributed by atoms with Crippen LogP contribution in [0.1, 0.15) is 19.4 Å². The maximum atomic E-state index is 3.28. The Labute approximate surface area is 97.3 Å². The van der Waals surface area contributed by atoms with Crippen LogP contribution in [0.15, 0.2) is 30.5 Å². The van der Waals surface area contributed by atoms with Gasteiger partial charge in [-0.25, -0.2) is 0 Å². The monoisotopic (exact) mass is 216 g/mol. The molecule has 0 aliphatic heterocycles. The van der Waals surface area contributed by atoms with Gasteiger partial charge < -0.3 is 9.88 Å². The minimum Gasteiger partial charge on any atom is -0.348 e. The van der Waals surface area contributed by atoms with Gasteiger partial charge >= 0.3 is 0 Å². The standard InChI is InChI=1S/C14H20N2/c1-4-16-8-7-13-6-5-12(10-14(13)16)9-11(2)15-3/h5-8,10-11,15H,4,9H2,1-3H3. The predicted molar refractivity (Wildman–Crippen MR) is 69.8 cm³/mol. The molecule has 0 saturated carbocycles. The molecule has 1 aromatic heterocycles. The fourth-order valence-electron chi connectivity index (χ4n) is 2.09. The first-order chi connectivity index (χ1) is 7.74. The van der Waals surface area contributed by atoms with E-state index in [1.807, 2.05) is 7.05 Å². The number of hydrogen-bond acceptors (Lipinski definition) is 1. The van der Waals surface area contributed by atoms with Gasteiger partial charge in [-0.2, -0.15) is 0 Å². The first kappa shape index (κ1) is 11.2. The summed E-state index contributed by atoms with van der Waals surface area (Å²) in [4.78, 5) is 0. The quantitative estimate of drug-likeness (QED) is 0.831. The Kier molecular flexibility index (Phi) is 3.30. The zero-order valence-corrected chi connectivity index (χ0v) is 10.3. The van der Waals surface area contributed by atoms with Crippen molar-refractivity contribution in [1.29, 1.82) is 0 Å². The molecule has 1 aromatic carbocycles. The number of aryl methyl sites for hydroxylation is 1. The summed E-state index contributed by atoms with van der Waals surface area (Å²) in [6.45, 7) is 5.43. The molecule has 2 aromatic rings. The molecular weight excluding hydrogens is 196 g/mol. The Bertz CT molecular complexity index is 471. The van der Waals surface area contributed by atoms with Gasteiger partial charge in [0.05, 0.1) is 0 Å². The number of rotatable bonds is 4.